The Morgan fingerprint density at radius 3 is 2.48 bits per heavy atom. The van der Waals surface area contributed by atoms with Crippen molar-refractivity contribution in [2.75, 3.05) is 13.1 Å². The van der Waals surface area contributed by atoms with Crippen molar-refractivity contribution >= 4 is 16.7 Å². The zero-order valence-electron chi connectivity index (χ0n) is 14.3. The Bertz CT molecular complexity index is 885. The van der Waals surface area contributed by atoms with Crippen LogP contribution in [0, 0.1) is 0 Å². The molecule has 1 fully saturated rings. The average Bonchev–Trinajstić information content (AvgIpc) is 2.67. The van der Waals surface area contributed by atoms with Gasteiger partial charge < -0.3 is 9.64 Å². The molecule has 1 heterocycles. The molecule has 3 nitrogen and oxygen atoms in total. The van der Waals surface area contributed by atoms with E-state index in [1.54, 1.807) is 0 Å². The second-order valence-corrected chi connectivity index (χ2v) is 6.58. The van der Waals surface area contributed by atoms with E-state index < -0.39 is 0 Å². The molecule has 0 radical (unpaired) electrons. The predicted octanol–water partition coefficient (Wildman–Crippen LogP) is 4.44. The van der Waals surface area contributed by atoms with E-state index in [9.17, 15) is 4.79 Å². The van der Waals surface area contributed by atoms with Crippen LogP contribution in [0.2, 0.25) is 0 Å². The van der Waals surface area contributed by atoms with Crippen LogP contribution in [-0.2, 0) is 4.74 Å². The predicted molar refractivity (Wildman–Crippen MR) is 99.6 cm³/mol. The summed E-state index contributed by atoms with van der Waals surface area (Å²) in [7, 11) is 0. The van der Waals surface area contributed by atoms with Crippen molar-refractivity contribution in [2.45, 2.75) is 19.1 Å². The number of amides is 1. The number of nitrogens with zero attached hydrogens (tertiary/aromatic N) is 1. The van der Waals surface area contributed by atoms with Gasteiger partial charge in [0.15, 0.2) is 0 Å². The Hall–Kier alpha value is -2.65. The molecule has 3 aromatic rings. The number of ether oxygens (including phenoxy) is 1. The van der Waals surface area contributed by atoms with Gasteiger partial charge in [0.05, 0.1) is 12.6 Å². The molecule has 0 aliphatic carbocycles. The molecule has 0 spiro atoms. The summed E-state index contributed by atoms with van der Waals surface area (Å²) in [5.41, 5.74) is 1.88. The van der Waals surface area contributed by atoms with E-state index in [0.717, 1.165) is 21.9 Å². The van der Waals surface area contributed by atoms with Crippen LogP contribution in [0.15, 0.2) is 72.8 Å². The van der Waals surface area contributed by atoms with Crippen LogP contribution in [0.5, 0.6) is 0 Å². The Kier molecular flexibility index (Phi) is 4.24. The van der Waals surface area contributed by atoms with Gasteiger partial charge in [0.25, 0.3) is 5.91 Å². The molecule has 4 rings (SSSR count). The highest BCUT2D eigenvalue weighted by atomic mass is 16.5. The van der Waals surface area contributed by atoms with Gasteiger partial charge in [-0.3, -0.25) is 4.79 Å². The summed E-state index contributed by atoms with van der Waals surface area (Å²) in [6.45, 7) is 3.22. The largest absolute Gasteiger partial charge is 0.367 e. The van der Waals surface area contributed by atoms with E-state index in [0.29, 0.717) is 13.1 Å². The van der Waals surface area contributed by atoms with Crippen molar-refractivity contribution in [2.24, 2.45) is 0 Å². The monoisotopic (exact) mass is 331 g/mol. The van der Waals surface area contributed by atoms with Gasteiger partial charge in [-0.25, -0.2) is 0 Å². The van der Waals surface area contributed by atoms with Crippen LogP contribution in [-0.4, -0.2) is 30.0 Å². The van der Waals surface area contributed by atoms with Gasteiger partial charge in [-0.2, -0.15) is 0 Å². The third-order valence-electron chi connectivity index (χ3n) is 4.74. The highest BCUT2D eigenvalue weighted by Gasteiger charge is 2.30. The van der Waals surface area contributed by atoms with Gasteiger partial charge in [0.2, 0.25) is 0 Å². The standard InChI is InChI=1S/C22H21NO2/c1-16-14-23(15-21(25-16)18-9-3-2-4-10-18)22(24)20-13-7-11-17-8-5-6-12-19(17)20/h2-13,16,21H,14-15H2,1H3/t16-,21-/m0/s1. The maximum atomic E-state index is 13.2. The van der Waals surface area contributed by atoms with Crippen LogP contribution >= 0.6 is 0 Å². The van der Waals surface area contributed by atoms with Crippen molar-refractivity contribution in [3.05, 3.63) is 83.9 Å². The Labute approximate surface area is 147 Å². The molecule has 25 heavy (non-hydrogen) atoms. The number of hydrogen-bond acceptors (Lipinski definition) is 2. The lowest BCUT2D eigenvalue weighted by molar-refractivity contribution is -0.0691. The third kappa shape index (κ3) is 3.15. The molecule has 1 amide bonds. The first-order valence-electron chi connectivity index (χ1n) is 8.70. The van der Waals surface area contributed by atoms with Gasteiger partial charge in [0.1, 0.15) is 6.10 Å². The molecule has 0 aromatic heterocycles. The second kappa shape index (κ2) is 6.69. The lowest BCUT2D eigenvalue weighted by atomic mass is 10.0. The Morgan fingerprint density at radius 2 is 1.64 bits per heavy atom. The van der Waals surface area contributed by atoms with Gasteiger partial charge in [-0.1, -0.05) is 66.7 Å². The van der Waals surface area contributed by atoms with Crippen LogP contribution in [0.3, 0.4) is 0 Å². The average molecular weight is 331 g/mol. The minimum Gasteiger partial charge on any atom is -0.367 e. The summed E-state index contributed by atoms with van der Waals surface area (Å²) in [6, 6.07) is 24.1. The van der Waals surface area contributed by atoms with Crippen molar-refractivity contribution in [1.29, 1.82) is 0 Å². The molecule has 2 atom stereocenters. The number of rotatable bonds is 2. The smallest absolute Gasteiger partial charge is 0.254 e. The maximum Gasteiger partial charge on any atom is 0.254 e. The van der Waals surface area contributed by atoms with E-state index in [-0.39, 0.29) is 18.1 Å². The van der Waals surface area contributed by atoms with Gasteiger partial charge in [-0.05, 0) is 29.3 Å². The fourth-order valence-corrected chi connectivity index (χ4v) is 3.55. The first kappa shape index (κ1) is 15.9. The molecule has 1 aliphatic rings. The quantitative estimate of drug-likeness (QED) is 0.695. The minimum atomic E-state index is -0.0797. The lowest BCUT2D eigenvalue weighted by Gasteiger charge is -2.37. The molecule has 126 valence electrons. The number of hydrogen-bond donors (Lipinski definition) is 0. The van der Waals surface area contributed by atoms with Crippen molar-refractivity contribution in [3.8, 4) is 0 Å². The molecule has 3 heteroatoms. The molecule has 0 saturated carbocycles. The van der Waals surface area contributed by atoms with E-state index >= 15 is 0 Å². The molecule has 0 N–H and O–H groups in total. The zero-order valence-corrected chi connectivity index (χ0v) is 14.3. The number of carbonyl (C=O) groups is 1. The molecule has 0 bridgehead atoms. The molecule has 0 unspecified atom stereocenters. The summed E-state index contributed by atoms with van der Waals surface area (Å²) < 4.78 is 6.08. The fraction of sp³-hybridized carbons (Fsp3) is 0.227. The summed E-state index contributed by atoms with van der Waals surface area (Å²) >= 11 is 0. The summed E-state index contributed by atoms with van der Waals surface area (Å²) in [4.78, 5) is 15.1. The third-order valence-corrected chi connectivity index (χ3v) is 4.74. The van der Waals surface area contributed by atoms with E-state index in [1.165, 1.54) is 0 Å². The van der Waals surface area contributed by atoms with Gasteiger partial charge in [0, 0.05) is 12.1 Å². The molecule has 1 saturated heterocycles. The normalized spacial score (nSPS) is 20.6. The highest BCUT2D eigenvalue weighted by molar-refractivity contribution is 6.07. The van der Waals surface area contributed by atoms with Crippen molar-refractivity contribution in [1.82, 2.24) is 4.90 Å². The number of carbonyl (C=O) groups excluding carboxylic acids is 1. The summed E-state index contributed by atoms with van der Waals surface area (Å²) in [5.74, 6) is 0.0767. The van der Waals surface area contributed by atoms with E-state index in [1.807, 2.05) is 72.5 Å². The van der Waals surface area contributed by atoms with Crippen LogP contribution in [0.4, 0.5) is 0 Å². The minimum absolute atomic E-state index is 0.0119. The summed E-state index contributed by atoms with van der Waals surface area (Å²) in [6.07, 6.45) is -0.0678. The maximum absolute atomic E-state index is 13.2. The number of fused-ring (bicyclic) bond motifs is 1. The zero-order chi connectivity index (χ0) is 17.2. The fourth-order valence-electron chi connectivity index (χ4n) is 3.55. The molecule has 1 aliphatic heterocycles. The van der Waals surface area contributed by atoms with E-state index in [4.69, 9.17) is 4.74 Å². The number of morpholine rings is 1. The molecule has 3 aromatic carbocycles. The summed E-state index contributed by atoms with van der Waals surface area (Å²) in [5, 5.41) is 2.10. The first-order valence-corrected chi connectivity index (χ1v) is 8.70. The van der Waals surface area contributed by atoms with Gasteiger partial charge >= 0.3 is 0 Å². The second-order valence-electron chi connectivity index (χ2n) is 6.58. The van der Waals surface area contributed by atoms with Crippen molar-refractivity contribution < 1.29 is 9.53 Å². The Morgan fingerprint density at radius 1 is 0.920 bits per heavy atom. The van der Waals surface area contributed by atoms with E-state index in [2.05, 4.69) is 12.1 Å². The van der Waals surface area contributed by atoms with Gasteiger partial charge in [-0.15, -0.1) is 0 Å². The van der Waals surface area contributed by atoms with Crippen LogP contribution in [0.1, 0.15) is 28.9 Å². The topological polar surface area (TPSA) is 29.5 Å². The SMILES string of the molecule is C[C@H]1CN(C(=O)c2cccc3ccccc23)C[C@@H](c2ccccc2)O1. The number of benzene rings is 3. The van der Waals surface area contributed by atoms with Crippen LogP contribution < -0.4 is 0 Å². The lowest BCUT2D eigenvalue weighted by Crippen LogP contribution is -2.46. The first-order chi connectivity index (χ1) is 12.2. The highest BCUT2D eigenvalue weighted by Crippen LogP contribution is 2.27. The molecular weight excluding hydrogens is 310 g/mol. The Balaban J connectivity index is 1.65. The van der Waals surface area contributed by atoms with Crippen molar-refractivity contribution in [3.63, 3.8) is 0 Å². The molecular formula is C22H21NO2. The van der Waals surface area contributed by atoms with Crippen LogP contribution in [0.25, 0.3) is 10.8 Å².